The fraction of sp³-hybridized carbons (Fsp3) is 0.130. The van der Waals surface area contributed by atoms with E-state index in [0.717, 1.165) is 23.9 Å². The number of amides is 2. The van der Waals surface area contributed by atoms with Gasteiger partial charge in [-0.1, -0.05) is 30.3 Å². The molecule has 0 saturated carbocycles. The van der Waals surface area contributed by atoms with Gasteiger partial charge in [0, 0.05) is 23.5 Å². The van der Waals surface area contributed by atoms with Gasteiger partial charge in [-0.25, -0.2) is 8.42 Å². The maximum absolute atomic E-state index is 12.9. The number of anilines is 3. The number of nitrogens with one attached hydrogen (secondary N) is 2. The van der Waals surface area contributed by atoms with Crippen LogP contribution < -0.4 is 14.9 Å². The molecule has 7 nitrogen and oxygen atoms in total. The van der Waals surface area contributed by atoms with Crippen molar-refractivity contribution < 1.29 is 18.0 Å². The minimum absolute atomic E-state index is 0.0921. The molecule has 4 rings (SSSR count). The second-order valence-electron chi connectivity index (χ2n) is 7.29. The molecule has 0 aliphatic carbocycles. The van der Waals surface area contributed by atoms with Gasteiger partial charge in [0.05, 0.1) is 17.5 Å². The lowest BCUT2D eigenvalue weighted by Gasteiger charge is -2.17. The predicted octanol–water partition coefficient (Wildman–Crippen LogP) is 3.51. The summed E-state index contributed by atoms with van der Waals surface area (Å²) in [5.74, 6) is -0.551. The molecule has 1 aliphatic rings. The monoisotopic (exact) mass is 435 g/mol. The highest BCUT2D eigenvalue weighted by Crippen LogP contribution is 2.29. The maximum atomic E-state index is 12.9. The Bertz CT molecular complexity index is 1250. The topological polar surface area (TPSA) is 95.6 Å². The van der Waals surface area contributed by atoms with Gasteiger partial charge in [-0.15, -0.1) is 0 Å². The largest absolute Gasteiger partial charge is 0.322 e. The molecular formula is C23H21N3O4S. The highest BCUT2D eigenvalue weighted by molar-refractivity contribution is 7.92. The van der Waals surface area contributed by atoms with Gasteiger partial charge in [0.15, 0.2) is 0 Å². The number of para-hydroxylation sites is 2. The number of hydrogen-bond acceptors (Lipinski definition) is 4. The molecule has 0 bridgehead atoms. The Balaban J connectivity index is 1.49. The summed E-state index contributed by atoms with van der Waals surface area (Å²) in [5.41, 5.74) is 3.50. The molecule has 1 aliphatic heterocycles. The Labute approximate surface area is 180 Å². The number of carbonyl (C=O) groups excluding carboxylic acids is 2. The fourth-order valence-corrected chi connectivity index (χ4v) is 4.15. The number of carbonyl (C=O) groups is 2. The van der Waals surface area contributed by atoms with Crippen molar-refractivity contribution in [3.8, 4) is 0 Å². The third-order valence-corrected chi connectivity index (χ3v) is 5.58. The molecule has 0 saturated heterocycles. The van der Waals surface area contributed by atoms with E-state index in [1.165, 1.54) is 12.1 Å². The molecule has 31 heavy (non-hydrogen) atoms. The van der Waals surface area contributed by atoms with Crippen molar-refractivity contribution in [2.45, 2.75) is 6.42 Å². The molecule has 158 valence electrons. The van der Waals surface area contributed by atoms with Gasteiger partial charge < -0.3 is 10.2 Å². The first-order valence-corrected chi connectivity index (χ1v) is 11.6. The van der Waals surface area contributed by atoms with E-state index in [2.05, 4.69) is 10.0 Å². The van der Waals surface area contributed by atoms with E-state index in [1.54, 1.807) is 41.3 Å². The van der Waals surface area contributed by atoms with Crippen LogP contribution in [0.5, 0.6) is 0 Å². The minimum atomic E-state index is -3.52. The normalized spacial score (nSPS) is 12.9. The van der Waals surface area contributed by atoms with Crippen LogP contribution in [0.15, 0.2) is 72.8 Å². The molecule has 0 unspecified atom stereocenters. The Hall–Kier alpha value is -3.65. The first kappa shape index (κ1) is 20.6. The van der Waals surface area contributed by atoms with E-state index in [4.69, 9.17) is 0 Å². The van der Waals surface area contributed by atoms with Gasteiger partial charge in [0.1, 0.15) is 0 Å². The van der Waals surface area contributed by atoms with Gasteiger partial charge in [0.25, 0.3) is 11.8 Å². The van der Waals surface area contributed by atoms with Gasteiger partial charge >= 0.3 is 0 Å². The van der Waals surface area contributed by atoms with Gasteiger partial charge in [-0.3, -0.25) is 14.3 Å². The molecule has 8 heteroatoms. The molecule has 3 aromatic carbocycles. The quantitative estimate of drug-likeness (QED) is 0.641. The molecule has 0 spiro atoms. The van der Waals surface area contributed by atoms with E-state index in [1.807, 2.05) is 24.3 Å². The minimum Gasteiger partial charge on any atom is -0.322 e. The summed E-state index contributed by atoms with van der Waals surface area (Å²) < 4.78 is 25.4. The molecule has 2 amide bonds. The molecule has 0 atom stereocenters. The zero-order valence-corrected chi connectivity index (χ0v) is 17.6. The van der Waals surface area contributed by atoms with Crippen LogP contribution in [0, 0.1) is 0 Å². The summed E-state index contributed by atoms with van der Waals surface area (Å²) in [6.07, 6.45) is 1.85. The third kappa shape index (κ3) is 4.59. The Morgan fingerprint density at radius 2 is 1.58 bits per heavy atom. The molecule has 0 radical (unpaired) electrons. The van der Waals surface area contributed by atoms with Crippen LogP contribution in [0.4, 0.5) is 17.1 Å². The second kappa shape index (κ2) is 8.23. The Morgan fingerprint density at radius 3 is 2.32 bits per heavy atom. The standard InChI is InChI=1S/C23H21N3O4S/c1-31(29,30)25-20-8-4-3-7-19(20)22(27)24-18-12-10-17(11-13-18)23(28)26-15-14-16-6-2-5-9-21(16)26/h2-13,25H,14-15H2,1H3,(H,24,27). The van der Waals surface area contributed by atoms with Crippen LogP contribution in [-0.2, 0) is 16.4 Å². The van der Waals surface area contributed by atoms with Gasteiger partial charge in [-0.2, -0.15) is 0 Å². The second-order valence-corrected chi connectivity index (χ2v) is 9.04. The number of sulfonamides is 1. The zero-order valence-electron chi connectivity index (χ0n) is 16.8. The number of nitrogens with zero attached hydrogens (tertiary/aromatic N) is 1. The molecule has 1 heterocycles. The van der Waals surface area contributed by atoms with E-state index < -0.39 is 15.9 Å². The van der Waals surface area contributed by atoms with Crippen molar-refractivity contribution in [1.82, 2.24) is 0 Å². The first-order chi connectivity index (χ1) is 14.8. The summed E-state index contributed by atoms with van der Waals surface area (Å²) in [7, 11) is -3.52. The summed E-state index contributed by atoms with van der Waals surface area (Å²) >= 11 is 0. The molecule has 3 aromatic rings. The molecule has 2 N–H and O–H groups in total. The van der Waals surface area contributed by atoms with Crippen LogP contribution in [0.1, 0.15) is 26.3 Å². The van der Waals surface area contributed by atoms with Crippen molar-refractivity contribution in [2.75, 3.05) is 27.7 Å². The van der Waals surface area contributed by atoms with Crippen molar-refractivity contribution in [2.24, 2.45) is 0 Å². The van der Waals surface area contributed by atoms with Crippen LogP contribution in [0.3, 0.4) is 0 Å². The lowest BCUT2D eigenvalue weighted by atomic mass is 10.1. The summed E-state index contributed by atoms with van der Waals surface area (Å²) in [6, 6.07) is 20.8. The Morgan fingerprint density at radius 1 is 0.903 bits per heavy atom. The Kier molecular flexibility index (Phi) is 5.48. The number of hydrogen-bond donors (Lipinski definition) is 2. The van der Waals surface area contributed by atoms with Crippen molar-refractivity contribution >= 4 is 38.9 Å². The smallest absolute Gasteiger partial charge is 0.258 e. The number of benzene rings is 3. The lowest BCUT2D eigenvalue weighted by molar-refractivity contribution is 0.0988. The van der Waals surface area contributed by atoms with E-state index in [9.17, 15) is 18.0 Å². The first-order valence-electron chi connectivity index (χ1n) is 9.70. The van der Waals surface area contributed by atoms with Crippen LogP contribution >= 0.6 is 0 Å². The molecule has 0 fully saturated rings. The van der Waals surface area contributed by atoms with Crippen LogP contribution in [0.2, 0.25) is 0 Å². The lowest BCUT2D eigenvalue weighted by Crippen LogP contribution is -2.28. The number of rotatable bonds is 5. The highest BCUT2D eigenvalue weighted by Gasteiger charge is 2.25. The number of fused-ring (bicyclic) bond motifs is 1. The van der Waals surface area contributed by atoms with E-state index in [0.29, 0.717) is 17.8 Å². The summed E-state index contributed by atoms with van der Waals surface area (Å²) in [4.78, 5) is 27.3. The van der Waals surface area contributed by atoms with Crippen LogP contribution in [0.25, 0.3) is 0 Å². The molecule has 0 aromatic heterocycles. The SMILES string of the molecule is CS(=O)(=O)Nc1ccccc1C(=O)Nc1ccc(C(=O)N2CCc3ccccc32)cc1. The average molecular weight is 436 g/mol. The molecular weight excluding hydrogens is 414 g/mol. The van der Waals surface area contributed by atoms with E-state index in [-0.39, 0.29) is 17.2 Å². The van der Waals surface area contributed by atoms with Crippen molar-refractivity contribution in [3.05, 3.63) is 89.5 Å². The third-order valence-electron chi connectivity index (χ3n) is 4.99. The van der Waals surface area contributed by atoms with Crippen molar-refractivity contribution in [3.63, 3.8) is 0 Å². The zero-order chi connectivity index (χ0) is 22.0. The summed E-state index contributed by atoms with van der Waals surface area (Å²) in [5, 5.41) is 2.74. The van der Waals surface area contributed by atoms with Crippen LogP contribution in [-0.4, -0.2) is 33.0 Å². The summed E-state index contributed by atoms with van der Waals surface area (Å²) in [6.45, 7) is 0.640. The fourth-order valence-electron chi connectivity index (χ4n) is 3.57. The van der Waals surface area contributed by atoms with E-state index >= 15 is 0 Å². The average Bonchev–Trinajstić information content (AvgIpc) is 3.17. The maximum Gasteiger partial charge on any atom is 0.258 e. The van der Waals surface area contributed by atoms with Crippen molar-refractivity contribution in [1.29, 1.82) is 0 Å². The predicted molar refractivity (Wildman–Crippen MR) is 121 cm³/mol. The van der Waals surface area contributed by atoms with Gasteiger partial charge in [-0.05, 0) is 54.4 Å². The van der Waals surface area contributed by atoms with Gasteiger partial charge in [0.2, 0.25) is 10.0 Å². The highest BCUT2D eigenvalue weighted by atomic mass is 32.2.